The van der Waals surface area contributed by atoms with Crippen molar-refractivity contribution in [1.29, 1.82) is 5.26 Å². The summed E-state index contributed by atoms with van der Waals surface area (Å²) in [5.41, 5.74) is 14.5. The maximum absolute atomic E-state index is 12.5. The number of nitrogen functional groups attached to an aromatic ring is 1. The molecule has 3 rings (SSSR count). The summed E-state index contributed by atoms with van der Waals surface area (Å²) in [5, 5.41) is 17.2. The van der Waals surface area contributed by atoms with E-state index in [0.29, 0.717) is 18.7 Å². The largest absolute Gasteiger partial charge is 0.490 e. The number of carboxylic acids is 1. The zero-order valence-corrected chi connectivity index (χ0v) is 15.2. The highest BCUT2D eigenvalue weighted by Gasteiger charge is 2.38. The lowest BCUT2D eigenvalue weighted by molar-refractivity contribution is -0.192. The van der Waals surface area contributed by atoms with Crippen LogP contribution in [0.2, 0.25) is 0 Å². The summed E-state index contributed by atoms with van der Waals surface area (Å²) in [6.45, 7) is 0.617. The van der Waals surface area contributed by atoms with Gasteiger partial charge in [0.25, 0.3) is 0 Å². The Morgan fingerprint density at radius 2 is 2.07 bits per heavy atom. The van der Waals surface area contributed by atoms with E-state index in [2.05, 4.69) is 11.1 Å². The fourth-order valence-electron chi connectivity index (χ4n) is 3.07. The van der Waals surface area contributed by atoms with Crippen molar-refractivity contribution in [3.63, 3.8) is 0 Å². The van der Waals surface area contributed by atoms with Crippen LogP contribution in [0.3, 0.4) is 0 Å². The molecule has 1 amide bonds. The minimum Gasteiger partial charge on any atom is -0.475 e. The number of hydrogen-bond donors (Lipinski definition) is 4. The summed E-state index contributed by atoms with van der Waals surface area (Å²) in [7, 11) is 0. The molecule has 156 valence electrons. The van der Waals surface area contributed by atoms with Crippen molar-refractivity contribution in [3.05, 3.63) is 30.0 Å². The monoisotopic (exact) mass is 411 g/mol. The minimum absolute atomic E-state index is 0.151. The number of carboxylic acid groups (broad SMARTS) is 1. The molecular weight excluding hydrogens is 391 g/mol. The van der Waals surface area contributed by atoms with E-state index in [1.54, 1.807) is 4.90 Å². The quantitative estimate of drug-likeness (QED) is 0.566. The number of halogens is 3. The molecule has 1 aromatic carbocycles. The van der Waals surface area contributed by atoms with Crippen LogP contribution in [0.1, 0.15) is 18.4 Å². The molecule has 0 aliphatic carbocycles. The third kappa shape index (κ3) is 5.39. The Bertz CT molecular complexity index is 935. The standard InChI is InChI=1S/C16H19N5O.C2HF3O2/c17-8-12-2-1-5-21(12)16(22)14(19)6-10-9-20-15-4-3-11(18)7-13(10)15;3-2(4,5)1(6)7/h3-4,7,9,12,14,20H,1-2,5-6,18-19H2;(H,6,7)/t12-,14?;/m0./s1. The van der Waals surface area contributed by atoms with Crippen molar-refractivity contribution in [1.82, 2.24) is 9.88 Å². The van der Waals surface area contributed by atoms with Crippen molar-refractivity contribution in [2.75, 3.05) is 12.3 Å². The van der Waals surface area contributed by atoms with Gasteiger partial charge in [-0.15, -0.1) is 0 Å². The van der Waals surface area contributed by atoms with Crippen molar-refractivity contribution in [3.8, 4) is 6.07 Å². The minimum atomic E-state index is -5.08. The van der Waals surface area contributed by atoms with Crippen LogP contribution < -0.4 is 11.5 Å². The second-order valence-electron chi connectivity index (χ2n) is 6.55. The van der Waals surface area contributed by atoms with Gasteiger partial charge in [0, 0.05) is 29.3 Å². The highest BCUT2D eigenvalue weighted by Crippen LogP contribution is 2.23. The summed E-state index contributed by atoms with van der Waals surface area (Å²) >= 11 is 0. The van der Waals surface area contributed by atoms with Gasteiger partial charge in [-0.3, -0.25) is 4.79 Å². The molecule has 2 heterocycles. The number of nitrogens with two attached hydrogens (primary N) is 2. The second kappa shape index (κ2) is 8.83. The smallest absolute Gasteiger partial charge is 0.475 e. The second-order valence-corrected chi connectivity index (χ2v) is 6.55. The Labute approximate surface area is 163 Å². The summed E-state index contributed by atoms with van der Waals surface area (Å²) in [5.74, 6) is -2.91. The van der Waals surface area contributed by atoms with Gasteiger partial charge in [0.05, 0.1) is 12.1 Å². The Kier molecular flexibility index (Phi) is 6.71. The average Bonchev–Trinajstić information content (AvgIpc) is 3.27. The molecule has 1 saturated heterocycles. The van der Waals surface area contributed by atoms with Gasteiger partial charge >= 0.3 is 12.1 Å². The van der Waals surface area contributed by atoms with Crippen molar-refractivity contribution >= 4 is 28.5 Å². The molecule has 1 aromatic heterocycles. The molecule has 6 N–H and O–H groups in total. The number of aliphatic carboxylic acids is 1. The predicted octanol–water partition coefficient (Wildman–Crippen LogP) is 1.77. The molecule has 0 bridgehead atoms. The first-order valence-electron chi connectivity index (χ1n) is 8.66. The molecule has 2 aromatic rings. The van der Waals surface area contributed by atoms with Crippen LogP contribution in [0.4, 0.5) is 18.9 Å². The highest BCUT2D eigenvalue weighted by molar-refractivity contribution is 5.88. The Morgan fingerprint density at radius 3 is 2.66 bits per heavy atom. The zero-order valence-electron chi connectivity index (χ0n) is 15.2. The Hall–Kier alpha value is -3.26. The number of fused-ring (bicyclic) bond motifs is 1. The van der Waals surface area contributed by atoms with Crippen molar-refractivity contribution in [2.45, 2.75) is 37.5 Å². The summed E-state index contributed by atoms with van der Waals surface area (Å²) in [4.78, 5) is 26.1. The number of H-pyrrole nitrogens is 1. The van der Waals surface area contributed by atoms with E-state index in [0.717, 1.165) is 29.3 Å². The molecule has 8 nitrogen and oxygen atoms in total. The number of benzene rings is 1. The first-order chi connectivity index (χ1) is 13.5. The van der Waals surface area contributed by atoms with E-state index in [-0.39, 0.29) is 11.9 Å². The van der Waals surface area contributed by atoms with E-state index in [9.17, 15) is 18.0 Å². The van der Waals surface area contributed by atoms with E-state index < -0.39 is 18.2 Å². The number of likely N-dealkylation sites (tertiary alicyclic amines) is 1. The molecule has 11 heteroatoms. The predicted molar refractivity (Wildman–Crippen MR) is 98.4 cm³/mol. The number of alkyl halides is 3. The first kappa shape index (κ1) is 22.0. The van der Waals surface area contributed by atoms with Gasteiger partial charge in [-0.2, -0.15) is 18.4 Å². The lowest BCUT2D eigenvalue weighted by atomic mass is 10.0. The van der Waals surface area contributed by atoms with E-state index >= 15 is 0 Å². The van der Waals surface area contributed by atoms with Crippen LogP contribution in [-0.2, 0) is 16.0 Å². The lowest BCUT2D eigenvalue weighted by Gasteiger charge is -2.23. The SMILES string of the molecule is N#C[C@@H]1CCCN1C(=O)C(N)Cc1c[nH]c2ccc(N)cc12.O=C(O)C(F)(F)F. The normalized spacial score (nSPS) is 17.3. The third-order valence-corrected chi connectivity index (χ3v) is 4.48. The van der Waals surface area contributed by atoms with Crippen molar-refractivity contribution in [2.24, 2.45) is 5.73 Å². The molecule has 2 atom stereocenters. The Morgan fingerprint density at radius 1 is 1.41 bits per heavy atom. The number of rotatable bonds is 3. The lowest BCUT2D eigenvalue weighted by Crippen LogP contribution is -2.46. The van der Waals surface area contributed by atoms with Gasteiger partial charge < -0.3 is 26.5 Å². The summed E-state index contributed by atoms with van der Waals surface area (Å²) < 4.78 is 31.7. The maximum Gasteiger partial charge on any atom is 0.490 e. The van der Waals surface area contributed by atoms with Crippen LogP contribution in [0.25, 0.3) is 10.9 Å². The van der Waals surface area contributed by atoms with Gasteiger partial charge in [-0.25, -0.2) is 4.79 Å². The highest BCUT2D eigenvalue weighted by atomic mass is 19.4. The number of nitrogens with one attached hydrogen (secondary N) is 1. The number of nitrogens with zero attached hydrogens (tertiary/aromatic N) is 2. The van der Waals surface area contributed by atoms with Crippen LogP contribution in [0.5, 0.6) is 0 Å². The fourth-order valence-corrected chi connectivity index (χ4v) is 3.07. The van der Waals surface area contributed by atoms with Crippen molar-refractivity contribution < 1.29 is 27.9 Å². The number of amides is 1. The summed E-state index contributed by atoms with van der Waals surface area (Å²) in [6, 6.07) is 6.81. The number of aromatic nitrogens is 1. The van der Waals surface area contributed by atoms with Gasteiger partial charge in [-0.05, 0) is 43.0 Å². The molecule has 1 aliphatic heterocycles. The van der Waals surface area contributed by atoms with Crippen LogP contribution >= 0.6 is 0 Å². The van der Waals surface area contributed by atoms with E-state index in [4.69, 9.17) is 26.6 Å². The van der Waals surface area contributed by atoms with E-state index in [1.807, 2.05) is 24.4 Å². The molecule has 1 aliphatic rings. The van der Waals surface area contributed by atoms with Crippen LogP contribution in [-0.4, -0.2) is 51.7 Å². The fraction of sp³-hybridized carbons (Fsp3) is 0.389. The zero-order chi connectivity index (χ0) is 21.8. The maximum atomic E-state index is 12.5. The summed E-state index contributed by atoms with van der Waals surface area (Å²) in [6.07, 6.45) is -1.20. The molecule has 1 fully saturated rings. The number of hydrogen-bond acceptors (Lipinski definition) is 5. The molecular formula is C18H20F3N5O3. The van der Waals surface area contributed by atoms with Gasteiger partial charge in [-0.1, -0.05) is 0 Å². The third-order valence-electron chi connectivity index (χ3n) is 4.48. The number of carbonyl (C=O) groups excluding carboxylic acids is 1. The van der Waals surface area contributed by atoms with E-state index in [1.165, 1.54) is 0 Å². The Balaban J connectivity index is 0.000000370. The van der Waals surface area contributed by atoms with Crippen LogP contribution in [0, 0.1) is 11.3 Å². The van der Waals surface area contributed by atoms with Gasteiger partial charge in [0.1, 0.15) is 6.04 Å². The average molecular weight is 411 g/mol. The number of nitriles is 1. The molecule has 0 radical (unpaired) electrons. The molecule has 29 heavy (non-hydrogen) atoms. The van der Waals surface area contributed by atoms with Gasteiger partial charge in [0.2, 0.25) is 5.91 Å². The number of anilines is 1. The first-order valence-corrected chi connectivity index (χ1v) is 8.66. The molecule has 0 saturated carbocycles. The topological polar surface area (TPSA) is 149 Å². The van der Waals surface area contributed by atoms with Gasteiger partial charge in [0.15, 0.2) is 0 Å². The number of carbonyl (C=O) groups is 2. The van der Waals surface area contributed by atoms with Crippen LogP contribution in [0.15, 0.2) is 24.4 Å². The molecule has 1 unspecified atom stereocenters. The molecule has 0 spiro atoms. The number of aromatic amines is 1.